The van der Waals surface area contributed by atoms with Crippen molar-refractivity contribution in [2.75, 3.05) is 27.9 Å². The van der Waals surface area contributed by atoms with Crippen molar-refractivity contribution in [2.45, 2.75) is 26.4 Å². The summed E-state index contributed by atoms with van der Waals surface area (Å²) < 4.78 is 20.9. The van der Waals surface area contributed by atoms with Crippen LogP contribution in [-0.2, 0) is 16.1 Å². The molecule has 1 amide bonds. The number of carbonyl (C=O) groups is 2. The van der Waals surface area contributed by atoms with Gasteiger partial charge in [0.25, 0.3) is 5.91 Å². The molecule has 0 atom stereocenters. The third kappa shape index (κ3) is 5.63. The Balaban J connectivity index is 2.11. The third-order valence-corrected chi connectivity index (χ3v) is 4.39. The van der Waals surface area contributed by atoms with Gasteiger partial charge in [-0.05, 0) is 19.4 Å². The molecule has 7 nitrogen and oxygen atoms in total. The molecule has 0 spiro atoms. The summed E-state index contributed by atoms with van der Waals surface area (Å²) >= 11 is 0. The Kier molecular flexibility index (Phi) is 7.88. The molecule has 156 valence electrons. The van der Waals surface area contributed by atoms with Gasteiger partial charge >= 0.3 is 5.97 Å². The second-order valence-electron chi connectivity index (χ2n) is 6.58. The van der Waals surface area contributed by atoms with Crippen molar-refractivity contribution in [3.05, 3.63) is 53.6 Å². The number of benzene rings is 2. The van der Waals surface area contributed by atoms with Gasteiger partial charge in [0.05, 0.1) is 21.3 Å². The maximum absolute atomic E-state index is 12.7. The highest BCUT2D eigenvalue weighted by molar-refractivity contribution is 5.95. The smallest absolute Gasteiger partial charge is 0.342 e. The van der Waals surface area contributed by atoms with Crippen molar-refractivity contribution >= 4 is 11.9 Å². The molecule has 0 radical (unpaired) electrons. The van der Waals surface area contributed by atoms with Gasteiger partial charge in [-0.25, -0.2) is 4.79 Å². The van der Waals surface area contributed by atoms with E-state index in [1.165, 1.54) is 33.5 Å². The number of amides is 1. The normalized spacial score (nSPS) is 10.4. The molecule has 0 fully saturated rings. The van der Waals surface area contributed by atoms with Crippen molar-refractivity contribution in [3.63, 3.8) is 0 Å². The minimum atomic E-state index is -0.681. The van der Waals surface area contributed by atoms with Gasteiger partial charge in [-0.2, -0.15) is 0 Å². The molecule has 0 unspecified atom stereocenters. The van der Waals surface area contributed by atoms with E-state index in [0.717, 1.165) is 5.56 Å². The van der Waals surface area contributed by atoms with Gasteiger partial charge in [-0.15, -0.1) is 0 Å². The highest BCUT2D eigenvalue weighted by atomic mass is 16.5. The summed E-state index contributed by atoms with van der Waals surface area (Å²) in [6.45, 7) is 3.90. The summed E-state index contributed by atoms with van der Waals surface area (Å²) in [4.78, 5) is 26.9. The fourth-order valence-corrected chi connectivity index (χ4v) is 2.82. The zero-order valence-electron chi connectivity index (χ0n) is 17.4. The van der Waals surface area contributed by atoms with Crippen LogP contribution in [0.4, 0.5) is 0 Å². The Labute approximate surface area is 171 Å². The second-order valence-corrected chi connectivity index (χ2v) is 6.58. The SMILES string of the molecule is COc1cc(OC)c(C(=O)OCC(=O)N(Cc2ccccc2)C(C)C)cc1OC. The van der Waals surface area contributed by atoms with E-state index < -0.39 is 5.97 Å². The lowest BCUT2D eigenvalue weighted by Gasteiger charge is -2.26. The molecule has 0 bridgehead atoms. The average molecular weight is 401 g/mol. The highest BCUT2D eigenvalue weighted by Gasteiger charge is 2.22. The lowest BCUT2D eigenvalue weighted by atomic mass is 10.1. The van der Waals surface area contributed by atoms with E-state index in [1.807, 2.05) is 44.2 Å². The Hall–Kier alpha value is -3.22. The molecule has 0 aromatic heterocycles. The summed E-state index contributed by atoms with van der Waals surface area (Å²) in [6, 6.07) is 12.6. The van der Waals surface area contributed by atoms with Gasteiger partial charge < -0.3 is 23.8 Å². The fraction of sp³-hybridized carbons (Fsp3) is 0.364. The number of hydrogen-bond donors (Lipinski definition) is 0. The van der Waals surface area contributed by atoms with E-state index in [9.17, 15) is 9.59 Å². The summed E-state index contributed by atoms with van der Waals surface area (Å²) in [5.74, 6) is 0.0894. The number of ether oxygens (including phenoxy) is 4. The first kappa shape index (κ1) is 22.1. The Bertz CT molecular complexity index is 835. The largest absolute Gasteiger partial charge is 0.496 e. The standard InChI is InChI=1S/C22H27NO6/c1-15(2)23(13-16-9-7-6-8-10-16)21(24)14-29-22(25)17-11-19(27-4)20(28-5)12-18(17)26-3/h6-12,15H,13-14H2,1-5H3. The van der Waals surface area contributed by atoms with Crippen molar-refractivity contribution in [3.8, 4) is 17.2 Å². The van der Waals surface area contributed by atoms with Crippen LogP contribution >= 0.6 is 0 Å². The van der Waals surface area contributed by atoms with Gasteiger partial charge in [0.15, 0.2) is 18.1 Å². The van der Waals surface area contributed by atoms with Crippen LogP contribution in [0.25, 0.3) is 0 Å². The molecule has 2 aromatic rings. The summed E-state index contributed by atoms with van der Waals surface area (Å²) in [5, 5.41) is 0. The molecular weight excluding hydrogens is 374 g/mol. The van der Waals surface area contributed by atoms with Crippen LogP contribution in [0.1, 0.15) is 29.8 Å². The molecule has 0 aliphatic rings. The Morgan fingerprint density at radius 2 is 1.48 bits per heavy atom. The molecule has 0 saturated carbocycles. The van der Waals surface area contributed by atoms with Crippen LogP contribution in [-0.4, -0.2) is 50.8 Å². The van der Waals surface area contributed by atoms with Crippen LogP contribution in [0.3, 0.4) is 0 Å². The number of nitrogens with zero attached hydrogens (tertiary/aromatic N) is 1. The maximum Gasteiger partial charge on any atom is 0.342 e. The van der Waals surface area contributed by atoms with E-state index >= 15 is 0 Å². The topological polar surface area (TPSA) is 74.3 Å². The van der Waals surface area contributed by atoms with Crippen molar-refractivity contribution < 1.29 is 28.5 Å². The highest BCUT2D eigenvalue weighted by Crippen LogP contribution is 2.34. The third-order valence-electron chi connectivity index (χ3n) is 4.39. The molecule has 7 heteroatoms. The molecule has 0 aliphatic carbocycles. The van der Waals surface area contributed by atoms with E-state index in [2.05, 4.69) is 0 Å². The van der Waals surface area contributed by atoms with Gasteiger partial charge in [0, 0.05) is 24.7 Å². The molecule has 0 aliphatic heterocycles. The number of esters is 1. The van der Waals surface area contributed by atoms with Crippen molar-refractivity contribution in [1.82, 2.24) is 4.90 Å². The van der Waals surface area contributed by atoms with Gasteiger partial charge in [0.1, 0.15) is 11.3 Å². The number of hydrogen-bond acceptors (Lipinski definition) is 6. The fourth-order valence-electron chi connectivity index (χ4n) is 2.82. The van der Waals surface area contributed by atoms with Crippen LogP contribution in [0, 0.1) is 0 Å². The first-order valence-electron chi connectivity index (χ1n) is 9.21. The monoisotopic (exact) mass is 401 g/mol. The van der Waals surface area contributed by atoms with Crippen LogP contribution in [0.2, 0.25) is 0 Å². The van der Waals surface area contributed by atoms with E-state index in [-0.39, 0.29) is 29.9 Å². The quantitative estimate of drug-likeness (QED) is 0.600. The predicted molar refractivity (Wildman–Crippen MR) is 109 cm³/mol. The molecular formula is C22H27NO6. The zero-order valence-corrected chi connectivity index (χ0v) is 17.4. The van der Waals surface area contributed by atoms with Gasteiger partial charge in [-0.3, -0.25) is 4.79 Å². The van der Waals surface area contributed by atoms with Crippen LogP contribution < -0.4 is 14.2 Å². The van der Waals surface area contributed by atoms with Crippen LogP contribution in [0.15, 0.2) is 42.5 Å². The molecule has 0 N–H and O–H groups in total. The summed E-state index contributed by atoms with van der Waals surface area (Å²) in [7, 11) is 4.39. The van der Waals surface area contributed by atoms with E-state index in [4.69, 9.17) is 18.9 Å². The zero-order chi connectivity index (χ0) is 21.4. The summed E-state index contributed by atoms with van der Waals surface area (Å²) in [5.41, 5.74) is 1.15. The van der Waals surface area contributed by atoms with Gasteiger partial charge in [0.2, 0.25) is 0 Å². The number of rotatable bonds is 9. The van der Waals surface area contributed by atoms with Crippen molar-refractivity contribution in [2.24, 2.45) is 0 Å². The van der Waals surface area contributed by atoms with Gasteiger partial charge in [-0.1, -0.05) is 30.3 Å². The summed E-state index contributed by atoms with van der Waals surface area (Å²) in [6.07, 6.45) is 0. The predicted octanol–water partition coefficient (Wildman–Crippen LogP) is 3.31. The molecule has 0 saturated heterocycles. The molecule has 29 heavy (non-hydrogen) atoms. The Morgan fingerprint density at radius 1 is 0.897 bits per heavy atom. The first-order valence-corrected chi connectivity index (χ1v) is 9.21. The minimum absolute atomic E-state index is 0.0444. The molecule has 0 heterocycles. The number of methoxy groups -OCH3 is 3. The molecule has 2 aromatic carbocycles. The number of carbonyl (C=O) groups excluding carboxylic acids is 2. The van der Waals surface area contributed by atoms with Crippen LogP contribution in [0.5, 0.6) is 17.2 Å². The molecule has 2 rings (SSSR count). The Morgan fingerprint density at radius 3 is 2.03 bits per heavy atom. The van der Waals surface area contributed by atoms with E-state index in [0.29, 0.717) is 18.0 Å². The minimum Gasteiger partial charge on any atom is -0.496 e. The lowest BCUT2D eigenvalue weighted by molar-refractivity contribution is -0.136. The first-order chi connectivity index (χ1) is 13.9. The van der Waals surface area contributed by atoms with Crippen molar-refractivity contribution in [1.29, 1.82) is 0 Å². The second kappa shape index (κ2) is 10.4. The van der Waals surface area contributed by atoms with E-state index in [1.54, 1.807) is 4.90 Å². The maximum atomic E-state index is 12.7. The lowest BCUT2D eigenvalue weighted by Crippen LogP contribution is -2.39. The average Bonchev–Trinajstić information content (AvgIpc) is 2.74.